The quantitative estimate of drug-likeness (QED) is 0.330. The lowest BCUT2D eigenvalue weighted by Crippen LogP contribution is -2.08. The Morgan fingerprint density at radius 3 is 1.85 bits per heavy atom. The van der Waals surface area contributed by atoms with Gasteiger partial charge in [-0.2, -0.15) is 0 Å². The Kier molecular flexibility index (Phi) is 11.3. The van der Waals surface area contributed by atoms with Crippen LogP contribution in [0.1, 0.15) is 92.9 Å². The highest BCUT2D eigenvalue weighted by molar-refractivity contribution is 5.00. The van der Waals surface area contributed by atoms with Crippen LogP contribution in [0.25, 0.3) is 0 Å². The summed E-state index contributed by atoms with van der Waals surface area (Å²) in [5, 5.41) is 0. The Hall–Kier alpha value is -0.260. The van der Waals surface area contributed by atoms with Crippen LogP contribution < -0.4 is 0 Å². The van der Waals surface area contributed by atoms with Crippen LogP contribution in [-0.4, -0.2) is 0 Å². The van der Waals surface area contributed by atoms with Gasteiger partial charge in [0.1, 0.15) is 0 Å². The molecule has 0 saturated heterocycles. The summed E-state index contributed by atoms with van der Waals surface area (Å²) in [7, 11) is 0. The number of hydrogen-bond donors (Lipinski definition) is 0. The van der Waals surface area contributed by atoms with Gasteiger partial charge in [-0.15, -0.1) is 0 Å². The average molecular weight is 281 g/mol. The minimum Gasteiger partial charge on any atom is -0.0996 e. The summed E-state index contributed by atoms with van der Waals surface area (Å²) in [6, 6.07) is 0. The molecule has 2 atom stereocenters. The fraction of sp³-hybridized carbons (Fsp3) is 0.900. The van der Waals surface area contributed by atoms with Gasteiger partial charge in [-0.3, -0.25) is 0 Å². The summed E-state index contributed by atoms with van der Waals surface area (Å²) < 4.78 is 0. The molecule has 120 valence electrons. The monoisotopic (exact) mass is 280 g/mol. The van der Waals surface area contributed by atoms with Gasteiger partial charge in [0.05, 0.1) is 0 Å². The molecule has 0 spiro atoms. The zero-order chi connectivity index (χ0) is 15.5. The van der Waals surface area contributed by atoms with Crippen molar-refractivity contribution in [3.05, 3.63) is 12.2 Å². The Bertz CT molecular complexity index is 236. The molecular weight excluding hydrogens is 240 g/mol. The molecule has 0 heteroatoms. The molecule has 0 bridgehead atoms. The van der Waals surface area contributed by atoms with E-state index in [4.69, 9.17) is 0 Å². The summed E-state index contributed by atoms with van der Waals surface area (Å²) >= 11 is 0. The second kappa shape index (κ2) is 11.4. The molecule has 0 fully saturated rings. The molecule has 0 rings (SSSR count). The minimum atomic E-state index is 0.776. The topological polar surface area (TPSA) is 0 Å². The predicted molar refractivity (Wildman–Crippen MR) is 94.1 cm³/mol. The standard InChI is InChI=1S/C20H40/c1-8-18(6)13-15-20(14-12-17(4)5)19(7)11-9-10-16(2)3/h16-18,20H,7-15H2,1-6H3. The van der Waals surface area contributed by atoms with Gasteiger partial charge in [0, 0.05) is 0 Å². The SMILES string of the molecule is C=C(CCCC(C)C)C(CCC(C)C)CCC(C)CC. The van der Waals surface area contributed by atoms with Crippen molar-refractivity contribution in [1.29, 1.82) is 0 Å². The molecule has 0 nitrogen and oxygen atoms in total. The second-order valence-corrected chi connectivity index (χ2v) is 7.70. The third-order valence-corrected chi connectivity index (χ3v) is 4.65. The smallest absolute Gasteiger partial charge is 0.0206 e. The first kappa shape index (κ1) is 19.7. The Morgan fingerprint density at radius 1 is 0.800 bits per heavy atom. The van der Waals surface area contributed by atoms with Crippen LogP contribution in [0.4, 0.5) is 0 Å². The fourth-order valence-corrected chi connectivity index (χ4v) is 2.72. The summed E-state index contributed by atoms with van der Waals surface area (Å²) in [4.78, 5) is 0. The van der Waals surface area contributed by atoms with Gasteiger partial charge in [-0.05, 0) is 49.4 Å². The third-order valence-electron chi connectivity index (χ3n) is 4.65. The predicted octanol–water partition coefficient (Wildman–Crippen LogP) is 7.25. The molecule has 0 heterocycles. The van der Waals surface area contributed by atoms with Gasteiger partial charge in [0.25, 0.3) is 0 Å². The first-order chi connectivity index (χ1) is 9.36. The zero-order valence-electron chi connectivity index (χ0n) is 15.2. The van der Waals surface area contributed by atoms with E-state index >= 15 is 0 Å². The number of rotatable bonds is 12. The first-order valence-corrected chi connectivity index (χ1v) is 9.04. The lowest BCUT2D eigenvalue weighted by atomic mass is 9.83. The van der Waals surface area contributed by atoms with Gasteiger partial charge in [-0.1, -0.05) is 79.4 Å². The van der Waals surface area contributed by atoms with E-state index in [2.05, 4.69) is 48.1 Å². The lowest BCUT2D eigenvalue weighted by molar-refractivity contribution is 0.384. The summed E-state index contributed by atoms with van der Waals surface area (Å²) in [5.74, 6) is 3.31. The highest BCUT2D eigenvalue weighted by Crippen LogP contribution is 2.29. The van der Waals surface area contributed by atoms with Crippen LogP contribution in [0, 0.1) is 23.7 Å². The van der Waals surface area contributed by atoms with Crippen molar-refractivity contribution in [3.63, 3.8) is 0 Å². The van der Waals surface area contributed by atoms with Gasteiger partial charge in [0.15, 0.2) is 0 Å². The van der Waals surface area contributed by atoms with Crippen molar-refractivity contribution < 1.29 is 0 Å². The minimum absolute atomic E-state index is 0.776. The average Bonchev–Trinajstić information content (AvgIpc) is 2.37. The first-order valence-electron chi connectivity index (χ1n) is 9.04. The maximum absolute atomic E-state index is 4.43. The van der Waals surface area contributed by atoms with E-state index in [9.17, 15) is 0 Å². The molecule has 0 aliphatic rings. The van der Waals surface area contributed by atoms with Gasteiger partial charge >= 0.3 is 0 Å². The van der Waals surface area contributed by atoms with Crippen molar-refractivity contribution in [2.24, 2.45) is 23.7 Å². The van der Waals surface area contributed by atoms with Crippen LogP contribution in [0.2, 0.25) is 0 Å². The summed E-state index contributed by atoms with van der Waals surface area (Å²) in [6.07, 6.45) is 10.7. The van der Waals surface area contributed by atoms with Crippen molar-refractivity contribution in [3.8, 4) is 0 Å². The maximum atomic E-state index is 4.43. The van der Waals surface area contributed by atoms with Gasteiger partial charge < -0.3 is 0 Å². The fourth-order valence-electron chi connectivity index (χ4n) is 2.72. The highest BCUT2D eigenvalue weighted by Gasteiger charge is 2.14. The highest BCUT2D eigenvalue weighted by atomic mass is 14.2. The molecule has 2 unspecified atom stereocenters. The van der Waals surface area contributed by atoms with E-state index in [0.717, 1.165) is 23.7 Å². The van der Waals surface area contributed by atoms with E-state index in [1.54, 1.807) is 0 Å². The van der Waals surface area contributed by atoms with Gasteiger partial charge in [-0.25, -0.2) is 0 Å². The lowest BCUT2D eigenvalue weighted by Gasteiger charge is -2.22. The molecule has 20 heavy (non-hydrogen) atoms. The third kappa shape index (κ3) is 10.5. The Labute approximate surface area is 129 Å². The summed E-state index contributed by atoms with van der Waals surface area (Å²) in [6.45, 7) is 18.5. The maximum Gasteiger partial charge on any atom is -0.0206 e. The van der Waals surface area contributed by atoms with Crippen molar-refractivity contribution >= 4 is 0 Å². The number of hydrogen-bond acceptors (Lipinski definition) is 0. The van der Waals surface area contributed by atoms with E-state index in [-0.39, 0.29) is 0 Å². The largest absolute Gasteiger partial charge is 0.0996 e. The van der Waals surface area contributed by atoms with Crippen LogP contribution >= 0.6 is 0 Å². The van der Waals surface area contributed by atoms with Crippen molar-refractivity contribution in [2.75, 3.05) is 0 Å². The molecule has 0 radical (unpaired) electrons. The van der Waals surface area contributed by atoms with E-state index < -0.39 is 0 Å². The molecular formula is C20H40. The normalized spacial score (nSPS) is 14.8. The van der Waals surface area contributed by atoms with Crippen molar-refractivity contribution in [1.82, 2.24) is 0 Å². The molecule has 0 aromatic rings. The molecule has 0 aromatic carbocycles. The molecule has 0 N–H and O–H groups in total. The molecule has 0 aliphatic carbocycles. The Morgan fingerprint density at radius 2 is 1.35 bits per heavy atom. The molecule has 0 saturated carbocycles. The van der Waals surface area contributed by atoms with Crippen LogP contribution in [-0.2, 0) is 0 Å². The van der Waals surface area contributed by atoms with Crippen LogP contribution in [0.15, 0.2) is 12.2 Å². The van der Waals surface area contributed by atoms with Crippen LogP contribution in [0.5, 0.6) is 0 Å². The zero-order valence-corrected chi connectivity index (χ0v) is 15.2. The van der Waals surface area contributed by atoms with Gasteiger partial charge in [0.2, 0.25) is 0 Å². The van der Waals surface area contributed by atoms with Crippen LogP contribution in [0.3, 0.4) is 0 Å². The van der Waals surface area contributed by atoms with E-state index in [0.29, 0.717) is 0 Å². The number of allylic oxidation sites excluding steroid dienone is 1. The Balaban J connectivity index is 4.22. The van der Waals surface area contributed by atoms with E-state index in [1.807, 2.05) is 0 Å². The van der Waals surface area contributed by atoms with E-state index in [1.165, 1.54) is 56.9 Å². The molecule has 0 aromatic heterocycles. The second-order valence-electron chi connectivity index (χ2n) is 7.70. The summed E-state index contributed by atoms with van der Waals surface area (Å²) in [5.41, 5.74) is 1.54. The molecule has 0 amide bonds. The van der Waals surface area contributed by atoms with Crippen molar-refractivity contribution in [2.45, 2.75) is 92.9 Å². The molecule has 0 aliphatic heterocycles.